The fourth-order valence-corrected chi connectivity index (χ4v) is 2.58. The first-order chi connectivity index (χ1) is 11.3. The molecule has 2 aromatic rings. The SMILES string of the molecule is CCc1cc(C)c(C)cc1CNC(=O)c1c(C(F)F)nn(C)c1F. The Morgan fingerprint density at radius 3 is 2.38 bits per heavy atom. The van der Waals surface area contributed by atoms with Crippen molar-refractivity contribution in [2.45, 2.75) is 40.2 Å². The second-order valence-corrected chi connectivity index (χ2v) is 5.72. The van der Waals surface area contributed by atoms with E-state index in [2.05, 4.69) is 10.4 Å². The Morgan fingerprint density at radius 1 is 1.25 bits per heavy atom. The number of halogens is 3. The lowest BCUT2D eigenvalue weighted by Crippen LogP contribution is -2.25. The van der Waals surface area contributed by atoms with Crippen molar-refractivity contribution in [2.75, 3.05) is 0 Å². The Balaban J connectivity index is 2.25. The molecule has 1 aromatic heterocycles. The molecule has 2 rings (SSSR count). The summed E-state index contributed by atoms with van der Waals surface area (Å²) in [4.78, 5) is 12.2. The predicted octanol–water partition coefficient (Wildman–Crippen LogP) is 3.61. The smallest absolute Gasteiger partial charge is 0.283 e. The molecule has 0 bridgehead atoms. The Bertz CT molecular complexity index is 769. The first kappa shape index (κ1) is 18.0. The zero-order valence-electron chi connectivity index (χ0n) is 14.1. The van der Waals surface area contributed by atoms with Crippen LogP contribution in [0.5, 0.6) is 0 Å². The highest BCUT2D eigenvalue weighted by Crippen LogP contribution is 2.24. The van der Waals surface area contributed by atoms with Gasteiger partial charge in [-0.2, -0.15) is 9.49 Å². The van der Waals surface area contributed by atoms with Crippen LogP contribution in [-0.2, 0) is 20.0 Å². The fraction of sp³-hybridized carbons (Fsp3) is 0.412. The summed E-state index contributed by atoms with van der Waals surface area (Å²) >= 11 is 0. The minimum absolute atomic E-state index is 0.139. The van der Waals surface area contributed by atoms with Crippen molar-refractivity contribution in [3.8, 4) is 0 Å². The van der Waals surface area contributed by atoms with E-state index in [1.165, 1.54) is 7.05 Å². The van der Waals surface area contributed by atoms with Gasteiger partial charge in [-0.05, 0) is 42.5 Å². The highest BCUT2D eigenvalue weighted by molar-refractivity contribution is 5.95. The van der Waals surface area contributed by atoms with Gasteiger partial charge < -0.3 is 5.32 Å². The maximum absolute atomic E-state index is 13.9. The van der Waals surface area contributed by atoms with Gasteiger partial charge in [0.25, 0.3) is 12.3 Å². The molecular weight excluding hydrogens is 319 g/mol. The Hall–Kier alpha value is -2.31. The monoisotopic (exact) mass is 339 g/mol. The Kier molecular flexibility index (Phi) is 5.31. The average molecular weight is 339 g/mol. The van der Waals surface area contributed by atoms with Crippen molar-refractivity contribution in [1.29, 1.82) is 0 Å². The topological polar surface area (TPSA) is 46.9 Å². The van der Waals surface area contributed by atoms with Gasteiger partial charge in [-0.25, -0.2) is 13.5 Å². The molecule has 0 aliphatic rings. The molecule has 130 valence electrons. The first-order valence-corrected chi connectivity index (χ1v) is 7.64. The van der Waals surface area contributed by atoms with Crippen LogP contribution in [0.2, 0.25) is 0 Å². The minimum atomic E-state index is -3.02. The second-order valence-electron chi connectivity index (χ2n) is 5.72. The zero-order valence-corrected chi connectivity index (χ0v) is 14.1. The number of aromatic nitrogens is 2. The molecule has 0 aliphatic heterocycles. The van der Waals surface area contributed by atoms with E-state index in [1.54, 1.807) is 0 Å². The number of nitrogens with one attached hydrogen (secondary N) is 1. The van der Waals surface area contributed by atoms with Crippen LogP contribution in [0.3, 0.4) is 0 Å². The van der Waals surface area contributed by atoms with Gasteiger partial charge in [-0.3, -0.25) is 4.79 Å². The molecule has 1 heterocycles. The summed E-state index contributed by atoms with van der Waals surface area (Å²) in [6.45, 7) is 6.08. The van der Waals surface area contributed by atoms with Gasteiger partial charge in [-0.1, -0.05) is 19.1 Å². The molecule has 1 aromatic carbocycles. The van der Waals surface area contributed by atoms with Crippen molar-refractivity contribution < 1.29 is 18.0 Å². The van der Waals surface area contributed by atoms with Crippen molar-refractivity contribution in [2.24, 2.45) is 7.05 Å². The fourth-order valence-electron chi connectivity index (χ4n) is 2.58. The van der Waals surface area contributed by atoms with Gasteiger partial charge in [0.15, 0.2) is 0 Å². The van der Waals surface area contributed by atoms with E-state index in [1.807, 2.05) is 32.9 Å². The molecule has 0 atom stereocenters. The molecule has 0 fully saturated rings. The molecule has 0 radical (unpaired) electrons. The standard InChI is InChI=1S/C17H20F3N3O/c1-5-11-6-9(2)10(3)7-12(11)8-21-17(24)13-14(15(18)19)22-23(4)16(13)20/h6-7,15H,5,8H2,1-4H3,(H,21,24). The largest absolute Gasteiger partial charge is 0.348 e. The van der Waals surface area contributed by atoms with Gasteiger partial charge >= 0.3 is 0 Å². The van der Waals surface area contributed by atoms with Gasteiger partial charge in [0.1, 0.15) is 11.3 Å². The Labute approximate surface area is 138 Å². The third-order valence-corrected chi connectivity index (χ3v) is 4.07. The summed E-state index contributed by atoms with van der Waals surface area (Å²) in [6.07, 6.45) is -2.25. The van der Waals surface area contributed by atoms with E-state index in [-0.39, 0.29) is 6.54 Å². The van der Waals surface area contributed by atoms with Gasteiger partial charge in [0, 0.05) is 13.6 Å². The summed E-state index contributed by atoms with van der Waals surface area (Å²) < 4.78 is 40.4. The molecule has 24 heavy (non-hydrogen) atoms. The van der Waals surface area contributed by atoms with Crippen LogP contribution >= 0.6 is 0 Å². The normalized spacial score (nSPS) is 11.2. The van der Waals surface area contributed by atoms with Crippen LogP contribution in [-0.4, -0.2) is 15.7 Å². The minimum Gasteiger partial charge on any atom is -0.348 e. The van der Waals surface area contributed by atoms with Gasteiger partial charge in [-0.15, -0.1) is 0 Å². The number of carbonyl (C=O) groups is 1. The molecule has 0 spiro atoms. The van der Waals surface area contributed by atoms with E-state index in [9.17, 15) is 18.0 Å². The molecular formula is C17H20F3N3O. The summed E-state index contributed by atoms with van der Waals surface area (Å²) in [5, 5.41) is 5.90. The van der Waals surface area contributed by atoms with Crippen molar-refractivity contribution >= 4 is 5.91 Å². The van der Waals surface area contributed by atoms with Crippen LogP contribution in [0, 0.1) is 19.8 Å². The zero-order chi connectivity index (χ0) is 18.0. The van der Waals surface area contributed by atoms with Crippen molar-refractivity contribution in [3.05, 3.63) is 51.6 Å². The van der Waals surface area contributed by atoms with Crippen molar-refractivity contribution in [1.82, 2.24) is 15.1 Å². The molecule has 1 N–H and O–H groups in total. The van der Waals surface area contributed by atoms with E-state index < -0.39 is 29.5 Å². The van der Waals surface area contributed by atoms with Gasteiger partial charge in [0.2, 0.25) is 5.95 Å². The highest BCUT2D eigenvalue weighted by Gasteiger charge is 2.28. The number of rotatable bonds is 5. The second kappa shape index (κ2) is 7.07. The van der Waals surface area contributed by atoms with Gasteiger partial charge in [0.05, 0.1) is 0 Å². The molecule has 4 nitrogen and oxygen atoms in total. The third-order valence-electron chi connectivity index (χ3n) is 4.07. The third kappa shape index (κ3) is 3.44. The number of aryl methyl sites for hydroxylation is 4. The van der Waals surface area contributed by atoms with E-state index in [4.69, 9.17) is 0 Å². The highest BCUT2D eigenvalue weighted by atomic mass is 19.3. The first-order valence-electron chi connectivity index (χ1n) is 7.64. The lowest BCUT2D eigenvalue weighted by molar-refractivity contribution is 0.0931. The molecule has 0 saturated carbocycles. The van der Waals surface area contributed by atoms with Crippen molar-refractivity contribution in [3.63, 3.8) is 0 Å². The van der Waals surface area contributed by atoms with Crippen LogP contribution in [0.15, 0.2) is 12.1 Å². The quantitative estimate of drug-likeness (QED) is 0.905. The van der Waals surface area contributed by atoms with E-state index >= 15 is 0 Å². The number of amides is 1. The number of hydrogen-bond donors (Lipinski definition) is 1. The molecule has 1 amide bonds. The maximum atomic E-state index is 13.9. The van der Waals surface area contributed by atoms with E-state index in [0.717, 1.165) is 28.7 Å². The summed E-state index contributed by atoms with van der Waals surface area (Å²) in [5.74, 6) is -1.96. The van der Waals surface area contributed by atoms with Crippen LogP contribution < -0.4 is 5.32 Å². The predicted molar refractivity (Wildman–Crippen MR) is 84.6 cm³/mol. The number of nitrogens with zero attached hydrogens (tertiary/aromatic N) is 2. The average Bonchev–Trinajstić information content (AvgIpc) is 2.83. The summed E-state index contributed by atoms with van der Waals surface area (Å²) in [7, 11) is 1.18. The Morgan fingerprint density at radius 2 is 1.83 bits per heavy atom. The summed E-state index contributed by atoms with van der Waals surface area (Å²) in [5.41, 5.74) is 2.60. The van der Waals surface area contributed by atoms with Crippen LogP contribution in [0.4, 0.5) is 13.2 Å². The van der Waals surface area contributed by atoms with Crippen LogP contribution in [0.25, 0.3) is 0 Å². The van der Waals surface area contributed by atoms with E-state index in [0.29, 0.717) is 4.68 Å². The molecule has 0 saturated heterocycles. The number of benzene rings is 1. The number of carbonyl (C=O) groups excluding carboxylic acids is 1. The lowest BCUT2D eigenvalue weighted by Gasteiger charge is -2.13. The summed E-state index contributed by atoms with van der Waals surface area (Å²) in [6, 6.07) is 3.98. The number of hydrogen-bond acceptors (Lipinski definition) is 2. The lowest BCUT2D eigenvalue weighted by atomic mass is 9.98. The number of alkyl halides is 2. The van der Waals surface area contributed by atoms with Crippen LogP contribution in [0.1, 0.15) is 51.7 Å². The molecule has 0 unspecified atom stereocenters. The maximum Gasteiger partial charge on any atom is 0.283 e. The molecule has 7 heteroatoms. The molecule has 0 aliphatic carbocycles.